The van der Waals surface area contributed by atoms with Gasteiger partial charge in [-0.25, -0.2) is 4.79 Å². The molecule has 128 valence electrons. The lowest BCUT2D eigenvalue weighted by Crippen LogP contribution is -2.05. The van der Waals surface area contributed by atoms with Crippen molar-refractivity contribution < 1.29 is 14.6 Å². The van der Waals surface area contributed by atoms with E-state index in [-0.39, 0.29) is 12.1 Å². The molecule has 1 unspecified atom stereocenters. The van der Waals surface area contributed by atoms with Crippen LogP contribution in [0.15, 0.2) is 24.3 Å². The van der Waals surface area contributed by atoms with Crippen molar-refractivity contribution in [3.05, 3.63) is 24.3 Å². The number of methoxy groups -OCH3 is 1. The van der Waals surface area contributed by atoms with Gasteiger partial charge in [-0.1, -0.05) is 70.1 Å². The van der Waals surface area contributed by atoms with Crippen LogP contribution in [0.2, 0.25) is 0 Å². The van der Waals surface area contributed by atoms with Crippen molar-refractivity contribution in [2.75, 3.05) is 7.11 Å². The van der Waals surface area contributed by atoms with Gasteiger partial charge in [-0.3, -0.25) is 0 Å². The molecular formula is C19H34O3. The van der Waals surface area contributed by atoms with Crippen LogP contribution in [0.4, 0.5) is 0 Å². The van der Waals surface area contributed by atoms with E-state index in [9.17, 15) is 9.90 Å². The standard InChI is InChI=1S/C19H34O3/c1-3-4-12-15-18(20)16-13-10-8-6-5-7-9-11-14-17-19(21)22-2/h9,11,14,17-18,20H,3-8,10,12-13,15-16H2,1-2H3. The maximum atomic E-state index is 10.8. The molecule has 1 atom stereocenters. The van der Waals surface area contributed by atoms with Crippen molar-refractivity contribution in [3.63, 3.8) is 0 Å². The minimum atomic E-state index is -0.318. The molecule has 3 nitrogen and oxygen atoms in total. The first-order chi connectivity index (χ1) is 10.7. The number of aliphatic hydroxyl groups is 1. The number of hydrogen-bond acceptors (Lipinski definition) is 3. The highest BCUT2D eigenvalue weighted by atomic mass is 16.5. The van der Waals surface area contributed by atoms with Gasteiger partial charge in [0.25, 0.3) is 0 Å². The topological polar surface area (TPSA) is 46.5 Å². The normalized spacial score (nSPS) is 13.0. The summed E-state index contributed by atoms with van der Waals surface area (Å²) in [6.07, 6.45) is 19.6. The van der Waals surface area contributed by atoms with E-state index < -0.39 is 0 Å². The summed E-state index contributed by atoms with van der Waals surface area (Å²) < 4.78 is 4.50. The van der Waals surface area contributed by atoms with Crippen molar-refractivity contribution in [2.45, 2.75) is 83.7 Å². The monoisotopic (exact) mass is 310 g/mol. The van der Waals surface area contributed by atoms with E-state index in [1.165, 1.54) is 51.7 Å². The zero-order chi connectivity index (χ0) is 16.5. The van der Waals surface area contributed by atoms with E-state index in [0.717, 1.165) is 32.1 Å². The van der Waals surface area contributed by atoms with Gasteiger partial charge in [0.1, 0.15) is 0 Å². The summed E-state index contributed by atoms with van der Waals surface area (Å²) in [5.41, 5.74) is 0. The maximum absolute atomic E-state index is 10.8. The second-order valence-electron chi connectivity index (χ2n) is 5.81. The van der Waals surface area contributed by atoms with Crippen molar-refractivity contribution in [2.24, 2.45) is 0 Å². The molecule has 0 aliphatic rings. The fourth-order valence-electron chi connectivity index (χ4n) is 2.32. The van der Waals surface area contributed by atoms with Crippen molar-refractivity contribution >= 4 is 5.97 Å². The SMILES string of the molecule is CCCCCC(O)CCCCCCCC=CC=CC(=O)OC. The van der Waals surface area contributed by atoms with Crippen molar-refractivity contribution in [1.29, 1.82) is 0 Å². The first-order valence-electron chi connectivity index (χ1n) is 8.80. The molecule has 3 heteroatoms. The minimum Gasteiger partial charge on any atom is -0.466 e. The summed E-state index contributed by atoms with van der Waals surface area (Å²) in [5, 5.41) is 9.81. The molecule has 0 aliphatic carbocycles. The first-order valence-corrected chi connectivity index (χ1v) is 8.80. The molecule has 22 heavy (non-hydrogen) atoms. The van der Waals surface area contributed by atoms with Gasteiger partial charge < -0.3 is 9.84 Å². The number of ether oxygens (including phenoxy) is 1. The molecule has 0 aromatic rings. The molecule has 0 radical (unpaired) electrons. The Kier molecular flexibility index (Phi) is 15.5. The van der Waals surface area contributed by atoms with Crippen molar-refractivity contribution in [1.82, 2.24) is 0 Å². The van der Waals surface area contributed by atoms with Crippen LogP contribution in [-0.4, -0.2) is 24.3 Å². The van der Waals surface area contributed by atoms with Gasteiger partial charge in [0, 0.05) is 6.08 Å². The highest BCUT2D eigenvalue weighted by molar-refractivity contribution is 5.82. The fourth-order valence-corrected chi connectivity index (χ4v) is 2.32. The van der Waals surface area contributed by atoms with Crippen molar-refractivity contribution in [3.8, 4) is 0 Å². The van der Waals surface area contributed by atoms with Crippen LogP contribution in [0.25, 0.3) is 0 Å². The Bertz CT molecular complexity index is 308. The average molecular weight is 310 g/mol. The molecule has 0 saturated heterocycles. The molecule has 0 aromatic heterocycles. The lowest BCUT2D eigenvalue weighted by atomic mass is 10.0. The molecule has 0 rings (SSSR count). The lowest BCUT2D eigenvalue weighted by molar-refractivity contribution is -0.134. The van der Waals surface area contributed by atoms with Crippen LogP contribution in [0.5, 0.6) is 0 Å². The van der Waals surface area contributed by atoms with Gasteiger partial charge in [-0.15, -0.1) is 0 Å². The second-order valence-corrected chi connectivity index (χ2v) is 5.81. The Morgan fingerprint density at radius 2 is 1.64 bits per heavy atom. The zero-order valence-electron chi connectivity index (χ0n) is 14.4. The number of aliphatic hydroxyl groups excluding tert-OH is 1. The quantitative estimate of drug-likeness (QED) is 0.214. The van der Waals surface area contributed by atoms with Gasteiger partial charge >= 0.3 is 5.97 Å². The Hall–Kier alpha value is -1.09. The predicted molar refractivity (Wildman–Crippen MR) is 92.8 cm³/mol. The van der Waals surface area contributed by atoms with Crippen LogP contribution in [-0.2, 0) is 9.53 Å². The Morgan fingerprint density at radius 1 is 1.00 bits per heavy atom. The number of carbonyl (C=O) groups excluding carboxylic acids is 1. The van der Waals surface area contributed by atoms with Crippen LogP contribution >= 0.6 is 0 Å². The third-order valence-corrected chi connectivity index (χ3v) is 3.73. The van der Waals surface area contributed by atoms with Crippen LogP contribution in [0.3, 0.4) is 0 Å². The van der Waals surface area contributed by atoms with E-state index in [0.29, 0.717) is 0 Å². The number of unbranched alkanes of at least 4 members (excludes halogenated alkanes) is 7. The zero-order valence-corrected chi connectivity index (χ0v) is 14.4. The number of rotatable bonds is 14. The molecule has 0 amide bonds. The van der Waals surface area contributed by atoms with E-state index in [2.05, 4.69) is 17.7 Å². The number of allylic oxidation sites excluding steroid dienone is 3. The number of carbonyl (C=O) groups is 1. The first kappa shape index (κ1) is 20.9. The van der Waals surface area contributed by atoms with Gasteiger partial charge in [0.2, 0.25) is 0 Å². The van der Waals surface area contributed by atoms with E-state index in [1.807, 2.05) is 6.08 Å². The van der Waals surface area contributed by atoms with Gasteiger partial charge in [-0.05, 0) is 25.7 Å². The fraction of sp³-hybridized carbons (Fsp3) is 0.737. The molecule has 0 aromatic carbocycles. The summed E-state index contributed by atoms with van der Waals surface area (Å²) in [6, 6.07) is 0. The predicted octanol–water partition coefficient (Wildman–Crippen LogP) is 4.94. The smallest absolute Gasteiger partial charge is 0.330 e. The van der Waals surface area contributed by atoms with Crippen LogP contribution in [0, 0.1) is 0 Å². The maximum Gasteiger partial charge on any atom is 0.330 e. The molecule has 0 bridgehead atoms. The molecule has 1 N–H and O–H groups in total. The van der Waals surface area contributed by atoms with Gasteiger partial charge in [0.05, 0.1) is 13.2 Å². The van der Waals surface area contributed by atoms with E-state index in [4.69, 9.17) is 0 Å². The Labute approximate surface area is 136 Å². The molecule has 0 heterocycles. The Morgan fingerprint density at radius 3 is 2.32 bits per heavy atom. The minimum absolute atomic E-state index is 0.0870. The summed E-state index contributed by atoms with van der Waals surface area (Å²) in [4.78, 5) is 10.8. The summed E-state index contributed by atoms with van der Waals surface area (Å²) >= 11 is 0. The summed E-state index contributed by atoms with van der Waals surface area (Å²) in [5.74, 6) is -0.318. The lowest BCUT2D eigenvalue weighted by Gasteiger charge is -2.09. The molecule has 0 fully saturated rings. The highest BCUT2D eigenvalue weighted by Gasteiger charge is 2.02. The third kappa shape index (κ3) is 15.3. The molecule has 0 spiro atoms. The molecule has 0 saturated carbocycles. The van der Waals surface area contributed by atoms with Crippen LogP contribution < -0.4 is 0 Å². The van der Waals surface area contributed by atoms with Gasteiger partial charge in [-0.2, -0.15) is 0 Å². The van der Waals surface area contributed by atoms with E-state index >= 15 is 0 Å². The molecule has 0 aliphatic heterocycles. The summed E-state index contributed by atoms with van der Waals surface area (Å²) in [7, 11) is 1.38. The number of esters is 1. The number of hydrogen-bond donors (Lipinski definition) is 1. The second kappa shape index (κ2) is 16.3. The van der Waals surface area contributed by atoms with Crippen LogP contribution in [0.1, 0.15) is 77.6 Å². The average Bonchev–Trinajstić information content (AvgIpc) is 2.52. The van der Waals surface area contributed by atoms with E-state index in [1.54, 1.807) is 6.08 Å². The summed E-state index contributed by atoms with van der Waals surface area (Å²) in [6.45, 7) is 2.19. The Balaban J connectivity index is 3.31. The highest BCUT2D eigenvalue weighted by Crippen LogP contribution is 2.12. The third-order valence-electron chi connectivity index (χ3n) is 3.73. The largest absolute Gasteiger partial charge is 0.466 e. The van der Waals surface area contributed by atoms with Gasteiger partial charge in [0.15, 0.2) is 0 Å². The molecular weight excluding hydrogens is 276 g/mol.